The van der Waals surface area contributed by atoms with E-state index < -0.39 is 0 Å². The number of ether oxygens (including phenoxy) is 1. The van der Waals surface area contributed by atoms with Crippen LogP contribution in [-0.4, -0.2) is 38.9 Å². The van der Waals surface area contributed by atoms with E-state index in [4.69, 9.17) is 4.74 Å². The topological polar surface area (TPSA) is 84.3 Å². The summed E-state index contributed by atoms with van der Waals surface area (Å²) >= 11 is 0. The average molecular weight is 341 g/mol. The second kappa shape index (κ2) is 7.48. The van der Waals surface area contributed by atoms with Crippen LogP contribution in [-0.2, 0) is 9.53 Å². The van der Waals surface area contributed by atoms with Crippen molar-refractivity contribution in [2.24, 2.45) is 0 Å². The minimum absolute atomic E-state index is 0.0791. The van der Waals surface area contributed by atoms with Crippen LogP contribution in [0.1, 0.15) is 31.0 Å². The number of amides is 1. The lowest BCUT2D eigenvalue weighted by Gasteiger charge is -2.06. The number of aryl methyl sites for hydroxylation is 2. The zero-order valence-electron chi connectivity index (χ0n) is 14.8. The summed E-state index contributed by atoms with van der Waals surface area (Å²) in [6.07, 6.45) is 2.02. The summed E-state index contributed by atoms with van der Waals surface area (Å²) in [4.78, 5) is 15.1. The smallest absolute Gasteiger partial charge is 0.250 e. The SMILES string of the molecule is CCCCOCC(=O)Nc1ccc(-c2nn3nc(C)c(C)c3[nH]2)cc1. The molecule has 0 bridgehead atoms. The lowest BCUT2D eigenvalue weighted by molar-refractivity contribution is -0.120. The largest absolute Gasteiger partial charge is 0.372 e. The van der Waals surface area contributed by atoms with Crippen molar-refractivity contribution in [1.82, 2.24) is 19.8 Å². The molecular weight excluding hydrogens is 318 g/mol. The Kier molecular flexibility index (Phi) is 5.14. The van der Waals surface area contributed by atoms with Gasteiger partial charge < -0.3 is 15.0 Å². The van der Waals surface area contributed by atoms with Crippen LogP contribution in [0.25, 0.3) is 17.0 Å². The standard InChI is InChI=1S/C18H23N5O2/c1-4-5-10-25-11-16(24)19-15-8-6-14(7-9-15)17-20-18-12(2)13(3)21-23(18)22-17/h6-9H,4-5,10-11H2,1-3H3,(H,19,24)(H,20,22). The van der Waals surface area contributed by atoms with Crippen molar-refractivity contribution < 1.29 is 9.53 Å². The average Bonchev–Trinajstić information content (AvgIpc) is 3.12. The number of anilines is 1. The van der Waals surface area contributed by atoms with Gasteiger partial charge in [-0.2, -0.15) is 5.10 Å². The summed E-state index contributed by atoms with van der Waals surface area (Å²) in [5.41, 5.74) is 4.61. The molecule has 1 aromatic carbocycles. The maximum Gasteiger partial charge on any atom is 0.250 e. The van der Waals surface area contributed by atoms with E-state index in [0.717, 1.165) is 46.8 Å². The van der Waals surface area contributed by atoms with Crippen LogP contribution >= 0.6 is 0 Å². The molecule has 0 saturated carbocycles. The number of nitrogens with zero attached hydrogens (tertiary/aromatic N) is 3. The highest BCUT2D eigenvalue weighted by atomic mass is 16.5. The quantitative estimate of drug-likeness (QED) is 0.647. The van der Waals surface area contributed by atoms with Crippen molar-refractivity contribution in [1.29, 1.82) is 0 Å². The molecule has 0 aliphatic rings. The van der Waals surface area contributed by atoms with Gasteiger partial charge >= 0.3 is 0 Å². The second-order valence-electron chi connectivity index (χ2n) is 6.05. The van der Waals surface area contributed by atoms with Crippen molar-refractivity contribution in [3.8, 4) is 11.4 Å². The van der Waals surface area contributed by atoms with Gasteiger partial charge in [-0.3, -0.25) is 4.79 Å². The molecule has 132 valence electrons. The van der Waals surface area contributed by atoms with E-state index in [-0.39, 0.29) is 12.5 Å². The van der Waals surface area contributed by atoms with Crippen molar-refractivity contribution >= 4 is 17.2 Å². The number of unbranched alkanes of at least 4 members (excludes halogenated alkanes) is 1. The Labute approximate surface area is 146 Å². The first-order valence-corrected chi connectivity index (χ1v) is 8.48. The summed E-state index contributed by atoms with van der Waals surface area (Å²) in [5, 5.41) is 11.6. The predicted molar refractivity (Wildman–Crippen MR) is 96.6 cm³/mol. The molecule has 0 aliphatic carbocycles. The van der Waals surface area contributed by atoms with Gasteiger partial charge in [0.1, 0.15) is 6.61 Å². The second-order valence-corrected chi connectivity index (χ2v) is 6.05. The summed E-state index contributed by atoms with van der Waals surface area (Å²) in [7, 11) is 0. The number of benzene rings is 1. The van der Waals surface area contributed by atoms with Gasteiger partial charge in [-0.05, 0) is 44.5 Å². The third-order valence-electron chi connectivity index (χ3n) is 4.09. The van der Waals surface area contributed by atoms with Crippen LogP contribution in [0.2, 0.25) is 0 Å². The van der Waals surface area contributed by atoms with Crippen molar-refractivity contribution in [2.45, 2.75) is 33.6 Å². The van der Waals surface area contributed by atoms with Crippen LogP contribution in [0, 0.1) is 13.8 Å². The number of hydrogen-bond donors (Lipinski definition) is 2. The van der Waals surface area contributed by atoms with Gasteiger partial charge in [0.15, 0.2) is 11.5 Å². The van der Waals surface area contributed by atoms with E-state index in [9.17, 15) is 4.79 Å². The Morgan fingerprint density at radius 2 is 2.00 bits per heavy atom. The zero-order chi connectivity index (χ0) is 17.8. The number of fused-ring (bicyclic) bond motifs is 1. The molecule has 3 aromatic rings. The Hall–Kier alpha value is -2.67. The number of rotatable bonds is 7. The first-order valence-electron chi connectivity index (χ1n) is 8.48. The van der Waals surface area contributed by atoms with E-state index in [0.29, 0.717) is 6.61 Å². The molecule has 2 N–H and O–H groups in total. The molecule has 1 amide bonds. The number of carbonyl (C=O) groups excluding carboxylic acids is 1. The molecule has 0 spiro atoms. The fourth-order valence-electron chi connectivity index (χ4n) is 2.49. The maximum atomic E-state index is 11.8. The number of aromatic nitrogens is 4. The summed E-state index contributed by atoms with van der Waals surface area (Å²) in [5.74, 6) is 0.595. The number of hydrogen-bond acceptors (Lipinski definition) is 4. The van der Waals surface area contributed by atoms with E-state index in [1.54, 1.807) is 4.63 Å². The molecule has 7 nitrogen and oxygen atoms in total. The normalized spacial score (nSPS) is 11.2. The van der Waals surface area contributed by atoms with Gasteiger partial charge in [0.05, 0.1) is 5.69 Å². The van der Waals surface area contributed by atoms with Gasteiger partial charge in [0.25, 0.3) is 0 Å². The fraction of sp³-hybridized carbons (Fsp3) is 0.389. The molecular formula is C18H23N5O2. The molecule has 2 aromatic heterocycles. The first-order chi connectivity index (χ1) is 12.1. The van der Waals surface area contributed by atoms with Crippen molar-refractivity contribution in [3.05, 3.63) is 35.5 Å². The highest BCUT2D eigenvalue weighted by molar-refractivity contribution is 5.91. The summed E-state index contributed by atoms with van der Waals surface area (Å²) in [6.45, 7) is 6.75. The van der Waals surface area contributed by atoms with Crippen LogP contribution < -0.4 is 5.32 Å². The van der Waals surface area contributed by atoms with E-state index in [1.807, 2.05) is 38.1 Å². The molecule has 2 heterocycles. The number of H-pyrrole nitrogens is 1. The molecule has 25 heavy (non-hydrogen) atoms. The highest BCUT2D eigenvalue weighted by Crippen LogP contribution is 2.21. The monoisotopic (exact) mass is 341 g/mol. The van der Waals surface area contributed by atoms with Gasteiger partial charge in [-0.15, -0.1) is 9.73 Å². The zero-order valence-corrected chi connectivity index (χ0v) is 14.8. The van der Waals surface area contributed by atoms with E-state index >= 15 is 0 Å². The van der Waals surface area contributed by atoms with Crippen molar-refractivity contribution in [3.63, 3.8) is 0 Å². The summed E-state index contributed by atoms with van der Waals surface area (Å²) in [6, 6.07) is 7.52. The molecule has 0 radical (unpaired) electrons. The molecule has 0 atom stereocenters. The van der Waals surface area contributed by atoms with Crippen LogP contribution in [0.15, 0.2) is 24.3 Å². The molecule has 0 aliphatic heterocycles. The van der Waals surface area contributed by atoms with Gasteiger partial charge in [-0.25, -0.2) is 0 Å². The Morgan fingerprint density at radius 1 is 1.24 bits per heavy atom. The minimum Gasteiger partial charge on any atom is -0.372 e. The fourth-order valence-corrected chi connectivity index (χ4v) is 2.49. The third-order valence-corrected chi connectivity index (χ3v) is 4.09. The Balaban J connectivity index is 1.64. The molecule has 3 rings (SSSR count). The lowest BCUT2D eigenvalue weighted by atomic mass is 10.2. The molecule has 0 fully saturated rings. The minimum atomic E-state index is -0.147. The van der Waals surface area contributed by atoms with E-state index in [1.165, 1.54) is 0 Å². The van der Waals surface area contributed by atoms with Gasteiger partial charge in [0, 0.05) is 23.4 Å². The Morgan fingerprint density at radius 3 is 2.68 bits per heavy atom. The third kappa shape index (κ3) is 3.88. The first kappa shape index (κ1) is 17.2. The number of carbonyl (C=O) groups is 1. The van der Waals surface area contributed by atoms with Gasteiger partial charge in [-0.1, -0.05) is 13.3 Å². The number of nitrogens with one attached hydrogen (secondary N) is 2. The van der Waals surface area contributed by atoms with Crippen LogP contribution in [0.5, 0.6) is 0 Å². The van der Waals surface area contributed by atoms with Crippen LogP contribution in [0.3, 0.4) is 0 Å². The predicted octanol–water partition coefficient (Wildman–Crippen LogP) is 3.10. The maximum absolute atomic E-state index is 11.8. The number of aromatic amines is 1. The summed E-state index contributed by atoms with van der Waals surface area (Å²) < 4.78 is 6.92. The highest BCUT2D eigenvalue weighted by Gasteiger charge is 2.11. The van der Waals surface area contributed by atoms with E-state index in [2.05, 4.69) is 27.4 Å². The van der Waals surface area contributed by atoms with Crippen molar-refractivity contribution in [2.75, 3.05) is 18.5 Å². The Bertz CT molecular complexity index is 864. The molecule has 7 heteroatoms. The van der Waals surface area contributed by atoms with Gasteiger partial charge in [0.2, 0.25) is 5.91 Å². The lowest BCUT2D eigenvalue weighted by Crippen LogP contribution is -2.18. The van der Waals surface area contributed by atoms with Crippen LogP contribution in [0.4, 0.5) is 5.69 Å². The molecule has 0 unspecified atom stereocenters. The molecule has 0 saturated heterocycles.